The second-order valence-corrected chi connectivity index (χ2v) is 9.57. The Morgan fingerprint density at radius 2 is 0.944 bits per heavy atom. The lowest BCUT2D eigenvalue weighted by molar-refractivity contribution is -0.384. The topological polar surface area (TPSA) is 103 Å². The van der Waals surface area contributed by atoms with E-state index < -0.39 is 43.7 Å². The minimum Gasteiger partial charge on any atom is -0.258 e. The zero-order chi connectivity index (χ0) is 26.1. The first-order valence-corrected chi connectivity index (χ1v) is 11.9. The van der Waals surface area contributed by atoms with E-state index in [4.69, 9.17) is 23.2 Å². The highest BCUT2D eigenvalue weighted by Gasteiger charge is 2.31. The van der Waals surface area contributed by atoms with Crippen LogP contribution in [0.4, 0.5) is 20.2 Å². The Balaban J connectivity index is 2.05. The molecule has 0 saturated carbocycles. The van der Waals surface area contributed by atoms with Crippen LogP contribution in [-0.2, 0) is 10.8 Å². The molecule has 0 atom stereocenters. The number of rotatable bonds is 6. The van der Waals surface area contributed by atoms with Gasteiger partial charge in [0.1, 0.15) is 21.7 Å². The molecular formula is C24H12Cl2F2N2O5S. The van der Waals surface area contributed by atoms with Gasteiger partial charge in [0.2, 0.25) is 0 Å². The number of benzene rings is 4. The van der Waals surface area contributed by atoms with Gasteiger partial charge in [-0.25, -0.2) is 13.0 Å². The Hall–Kier alpha value is -3.73. The van der Waals surface area contributed by atoms with E-state index in [1.807, 2.05) is 0 Å². The second-order valence-electron chi connectivity index (χ2n) is 7.33. The van der Waals surface area contributed by atoms with Crippen LogP contribution in [0, 0.1) is 31.9 Å². The van der Waals surface area contributed by atoms with Crippen LogP contribution >= 0.6 is 23.2 Å². The number of nitrogens with zero attached hydrogens (tertiary/aromatic N) is 2. The molecule has 0 N–H and O–H groups in total. The van der Waals surface area contributed by atoms with Crippen molar-refractivity contribution in [1.82, 2.24) is 0 Å². The Bertz CT molecular complexity index is 1430. The Labute approximate surface area is 214 Å². The third kappa shape index (κ3) is 4.70. The molecule has 0 bridgehead atoms. The first-order valence-electron chi connectivity index (χ1n) is 9.97. The fourth-order valence-corrected chi connectivity index (χ4v) is 5.54. The molecule has 0 aliphatic heterocycles. The third-order valence-corrected chi connectivity index (χ3v) is 7.30. The van der Waals surface area contributed by atoms with Crippen molar-refractivity contribution in [1.29, 1.82) is 0 Å². The normalized spacial score (nSPS) is 11.0. The van der Waals surface area contributed by atoms with Gasteiger partial charge in [0.15, 0.2) is 0 Å². The number of nitro groups is 2. The zero-order valence-electron chi connectivity index (χ0n) is 17.8. The molecule has 0 unspecified atom stereocenters. The van der Waals surface area contributed by atoms with E-state index in [1.165, 1.54) is 48.5 Å². The molecule has 0 radical (unpaired) electrons. The molecule has 182 valence electrons. The molecule has 7 nitrogen and oxygen atoms in total. The molecule has 0 aliphatic rings. The Morgan fingerprint density at radius 3 is 1.25 bits per heavy atom. The average Bonchev–Trinajstić information content (AvgIpc) is 2.83. The lowest BCUT2D eigenvalue weighted by atomic mass is 10.0. The summed E-state index contributed by atoms with van der Waals surface area (Å²) in [5.74, 6) is -1.20. The van der Waals surface area contributed by atoms with Crippen LogP contribution in [0.1, 0.15) is 0 Å². The lowest BCUT2D eigenvalue weighted by Gasteiger charge is -2.15. The van der Waals surface area contributed by atoms with Gasteiger partial charge < -0.3 is 0 Å². The highest BCUT2D eigenvalue weighted by atomic mass is 35.5. The minimum absolute atomic E-state index is 0.0994. The highest BCUT2D eigenvalue weighted by Crippen LogP contribution is 2.45. The molecule has 0 fully saturated rings. The standard InChI is InChI=1S/C24H12Cl2F2N2O5S/c25-17-9-11-19(21(23(17)29(31)32)13-1-5-15(27)6-2-13)36(35)20-12-10-18(26)24(30(33)34)22(20)14-3-7-16(28)8-4-14/h1-12H. The van der Waals surface area contributed by atoms with E-state index >= 15 is 0 Å². The van der Waals surface area contributed by atoms with Crippen LogP contribution < -0.4 is 0 Å². The molecule has 0 spiro atoms. The van der Waals surface area contributed by atoms with Gasteiger partial charge in [-0.15, -0.1) is 0 Å². The van der Waals surface area contributed by atoms with Crippen molar-refractivity contribution < 1.29 is 22.8 Å². The molecule has 4 rings (SSSR count). The van der Waals surface area contributed by atoms with Crippen molar-refractivity contribution >= 4 is 45.4 Å². The predicted octanol–water partition coefficient (Wildman–Crippen LogP) is 7.59. The van der Waals surface area contributed by atoms with Crippen molar-refractivity contribution in [2.45, 2.75) is 9.79 Å². The summed E-state index contributed by atoms with van der Waals surface area (Å²) >= 11 is 12.2. The summed E-state index contributed by atoms with van der Waals surface area (Å²) in [7, 11) is -2.27. The Morgan fingerprint density at radius 1 is 0.611 bits per heavy atom. The van der Waals surface area contributed by atoms with E-state index in [9.17, 15) is 33.2 Å². The molecule has 4 aromatic carbocycles. The lowest BCUT2D eigenvalue weighted by Crippen LogP contribution is -2.04. The minimum atomic E-state index is -2.27. The summed E-state index contributed by atoms with van der Waals surface area (Å²) in [6.45, 7) is 0. The van der Waals surface area contributed by atoms with Crippen LogP contribution in [0.5, 0.6) is 0 Å². The van der Waals surface area contributed by atoms with Gasteiger partial charge in [0.05, 0.1) is 41.6 Å². The fourth-order valence-electron chi connectivity index (χ4n) is 3.67. The van der Waals surface area contributed by atoms with Crippen LogP contribution in [0.25, 0.3) is 22.3 Å². The molecule has 4 aromatic rings. The fraction of sp³-hybridized carbons (Fsp3) is 0. The van der Waals surface area contributed by atoms with Gasteiger partial charge in [0.25, 0.3) is 11.4 Å². The molecule has 0 aliphatic carbocycles. The van der Waals surface area contributed by atoms with E-state index in [1.54, 1.807) is 0 Å². The van der Waals surface area contributed by atoms with Gasteiger partial charge in [-0.2, -0.15) is 0 Å². The number of hydrogen-bond donors (Lipinski definition) is 0. The van der Waals surface area contributed by atoms with Crippen LogP contribution in [0.15, 0.2) is 82.6 Å². The van der Waals surface area contributed by atoms with Gasteiger partial charge in [0, 0.05) is 0 Å². The smallest absolute Gasteiger partial charge is 0.258 e. The monoisotopic (exact) mass is 548 g/mol. The molecule has 0 heterocycles. The number of nitro benzene ring substituents is 2. The van der Waals surface area contributed by atoms with Crippen molar-refractivity contribution in [3.8, 4) is 22.3 Å². The van der Waals surface area contributed by atoms with Crippen molar-refractivity contribution in [3.05, 3.63) is 115 Å². The number of halogens is 4. The second kappa shape index (κ2) is 10.1. The van der Waals surface area contributed by atoms with E-state index in [0.717, 1.165) is 24.3 Å². The van der Waals surface area contributed by atoms with Gasteiger partial charge in [-0.3, -0.25) is 20.2 Å². The van der Waals surface area contributed by atoms with E-state index in [2.05, 4.69) is 0 Å². The molecule has 0 saturated heterocycles. The number of hydrogen-bond acceptors (Lipinski definition) is 5. The summed E-state index contributed by atoms with van der Waals surface area (Å²) < 4.78 is 41.1. The third-order valence-electron chi connectivity index (χ3n) is 5.21. The van der Waals surface area contributed by atoms with E-state index in [-0.39, 0.29) is 42.1 Å². The van der Waals surface area contributed by atoms with Gasteiger partial charge in [-0.05, 0) is 59.7 Å². The highest BCUT2D eigenvalue weighted by molar-refractivity contribution is 7.85. The summed E-state index contributed by atoms with van der Waals surface area (Å²) in [5, 5.41) is 23.3. The van der Waals surface area contributed by atoms with Crippen molar-refractivity contribution in [3.63, 3.8) is 0 Å². The summed E-state index contributed by atoms with van der Waals surface area (Å²) in [6, 6.07) is 14.3. The summed E-state index contributed by atoms with van der Waals surface area (Å²) in [4.78, 5) is 22.1. The summed E-state index contributed by atoms with van der Waals surface area (Å²) in [5.41, 5.74) is -1.12. The van der Waals surface area contributed by atoms with Crippen molar-refractivity contribution in [2.24, 2.45) is 0 Å². The maximum atomic E-state index is 14.0. The molecule has 0 amide bonds. The molecule has 12 heteroatoms. The zero-order valence-corrected chi connectivity index (χ0v) is 20.1. The average molecular weight is 549 g/mol. The van der Waals surface area contributed by atoms with Crippen LogP contribution in [0.3, 0.4) is 0 Å². The molecule has 0 aromatic heterocycles. The summed E-state index contributed by atoms with van der Waals surface area (Å²) in [6.07, 6.45) is 0. The SMILES string of the molecule is O=[N+]([O-])c1c(Cl)ccc(S(=O)c2ccc(Cl)c([N+](=O)[O-])c2-c2ccc(F)cc2)c1-c1ccc(F)cc1. The van der Waals surface area contributed by atoms with Gasteiger partial charge in [-0.1, -0.05) is 47.5 Å². The maximum absolute atomic E-state index is 14.0. The first kappa shape index (κ1) is 25.4. The van der Waals surface area contributed by atoms with Gasteiger partial charge >= 0.3 is 0 Å². The molecule has 36 heavy (non-hydrogen) atoms. The van der Waals surface area contributed by atoms with Crippen LogP contribution in [0.2, 0.25) is 10.0 Å². The predicted molar refractivity (Wildman–Crippen MR) is 132 cm³/mol. The van der Waals surface area contributed by atoms with E-state index in [0.29, 0.717) is 0 Å². The largest absolute Gasteiger partial charge is 0.296 e. The first-order chi connectivity index (χ1) is 17.1. The molecular weight excluding hydrogens is 537 g/mol. The maximum Gasteiger partial charge on any atom is 0.296 e. The van der Waals surface area contributed by atoms with Crippen molar-refractivity contribution in [2.75, 3.05) is 0 Å². The quantitative estimate of drug-likeness (QED) is 0.182. The van der Waals surface area contributed by atoms with Crippen LogP contribution in [-0.4, -0.2) is 14.1 Å². The Kier molecular flexibility index (Phi) is 7.11.